The molecule has 2 aromatic heterocycles. The molecule has 0 amide bonds. The monoisotopic (exact) mass is 555 g/mol. The minimum Gasteiger partial charge on any atom is -0.367 e. The molecule has 0 unspecified atom stereocenters. The van der Waals surface area contributed by atoms with E-state index in [1.54, 1.807) is 10.7 Å². The molecule has 3 heterocycles. The molecule has 0 spiro atoms. The highest BCUT2D eigenvalue weighted by Gasteiger charge is 2.42. The maximum absolute atomic E-state index is 13.0. The van der Waals surface area contributed by atoms with E-state index in [1.165, 1.54) is 0 Å². The van der Waals surface area contributed by atoms with Gasteiger partial charge in [0.1, 0.15) is 5.82 Å². The second-order valence-corrected chi connectivity index (χ2v) is 10.5. The van der Waals surface area contributed by atoms with Crippen molar-refractivity contribution in [3.8, 4) is 11.3 Å². The topological polar surface area (TPSA) is 45.5 Å². The normalized spacial score (nSPS) is 22.9. The fourth-order valence-corrected chi connectivity index (χ4v) is 5.81. The van der Waals surface area contributed by atoms with E-state index in [9.17, 15) is 13.2 Å². The molecule has 5 nitrogen and oxygen atoms in total. The number of likely N-dealkylation sites (tertiary alicyclic amines) is 1. The number of anilines is 1. The predicted molar refractivity (Wildman–Crippen MR) is 131 cm³/mol. The Bertz CT molecular complexity index is 1150. The third-order valence-corrected chi connectivity index (χ3v) is 8.03. The summed E-state index contributed by atoms with van der Waals surface area (Å²) in [5.74, 6) is -0.285. The van der Waals surface area contributed by atoms with Gasteiger partial charge in [0.2, 0.25) is 0 Å². The molecule has 1 saturated carbocycles. The van der Waals surface area contributed by atoms with Gasteiger partial charge >= 0.3 is 6.18 Å². The van der Waals surface area contributed by atoms with Crippen molar-refractivity contribution < 1.29 is 13.2 Å². The first kappa shape index (κ1) is 23.9. The zero-order chi connectivity index (χ0) is 23.9. The quantitative estimate of drug-likeness (QED) is 0.383. The van der Waals surface area contributed by atoms with Gasteiger partial charge in [0, 0.05) is 41.8 Å². The lowest BCUT2D eigenvalue weighted by Gasteiger charge is -2.41. The second-order valence-electron chi connectivity index (χ2n) is 9.24. The van der Waals surface area contributed by atoms with Crippen molar-refractivity contribution in [2.45, 2.75) is 56.8 Å². The van der Waals surface area contributed by atoms with Crippen LogP contribution < -0.4 is 5.32 Å². The molecule has 3 aromatic rings. The zero-order valence-electron chi connectivity index (χ0n) is 18.5. The smallest absolute Gasteiger partial charge is 0.367 e. The third-order valence-electron chi connectivity index (χ3n) is 7.14. The lowest BCUT2D eigenvalue weighted by molar-refractivity contribution is -0.184. The average molecular weight is 557 g/mol. The first-order chi connectivity index (χ1) is 16.3. The summed E-state index contributed by atoms with van der Waals surface area (Å²) >= 11 is 9.97. The molecule has 10 heteroatoms. The highest BCUT2D eigenvalue weighted by molar-refractivity contribution is 9.10. The van der Waals surface area contributed by atoms with E-state index >= 15 is 0 Å². The maximum atomic E-state index is 13.0. The molecule has 1 saturated heterocycles. The van der Waals surface area contributed by atoms with Gasteiger partial charge in [0.05, 0.1) is 22.3 Å². The number of nitrogens with zero attached hydrogens (tertiary/aromatic N) is 4. The van der Waals surface area contributed by atoms with Gasteiger partial charge in [0.25, 0.3) is 0 Å². The van der Waals surface area contributed by atoms with Crippen LogP contribution in [-0.2, 0) is 0 Å². The molecule has 182 valence electrons. The number of fused-ring (bicyclic) bond motifs is 1. The maximum Gasteiger partial charge on any atom is 0.391 e. The van der Waals surface area contributed by atoms with Gasteiger partial charge in [-0.2, -0.15) is 22.8 Å². The molecule has 1 aromatic carbocycles. The van der Waals surface area contributed by atoms with Crippen LogP contribution in [0.3, 0.4) is 0 Å². The Morgan fingerprint density at radius 2 is 1.74 bits per heavy atom. The van der Waals surface area contributed by atoms with E-state index in [4.69, 9.17) is 16.6 Å². The largest absolute Gasteiger partial charge is 0.391 e. The molecule has 0 radical (unpaired) electrons. The molecular weight excluding hydrogens is 531 g/mol. The second kappa shape index (κ2) is 9.66. The standard InChI is InChI=1S/C24H26BrClF3N5/c25-19-14-30-34-22(13-21(32-23(19)34)18-3-1-2-4-20(18)26)31-16-9-11-33(12-10-16)17-7-5-15(6-8-17)24(27,28)29/h1-4,13-17,31H,5-12H2. The van der Waals surface area contributed by atoms with E-state index in [1.807, 2.05) is 30.3 Å². The highest BCUT2D eigenvalue weighted by atomic mass is 79.9. The summed E-state index contributed by atoms with van der Waals surface area (Å²) in [6.07, 6.45) is 1.29. The fourth-order valence-electron chi connectivity index (χ4n) is 5.23. The number of halogens is 5. The van der Waals surface area contributed by atoms with Crippen molar-refractivity contribution in [3.05, 3.63) is 46.0 Å². The lowest BCUT2D eigenvalue weighted by Crippen LogP contribution is -2.46. The van der Waals surface area contributed by atoms with E-state index < -0.39 is 12.1 Å². The summed E-state index contributed by atoms with van der Waals surface area (Å²) in [5.41, 5.74) is 2.33. The number of benzene rings is 1. The Hall–Kier alpha value is -1.84. The van der Waals surface area contributed by atoms with Crippen LogP contribution >= 0.6 is 27.5 Å². The fraction of sp³-hybridized carbons (Fsp3) is 0.500. The molecule has 2 aliphatic rings. The third kappa shape index (κ3) is 4.93. The number of alkyl halides is 3. The molecule has 0 bridgehead atoms. The molecule has 1 aliphatic heterocycles. The van der Waals surface area contributed by atoms with Crippen molar-refractivity contribution in [2.75, 3.05) is 18.4 Å². The Morgan fingerprint density at radius 1 is 1.03 bits per heavy atom. The number of aromatic nitrogens is 3. The van der Waals surface area contributed by atoms with Gasteiger partial charge in [-0.05, 0) is 60.5 Å². The van der Waals surface area contributed by atoms with Crippen molar-refractivity contribution in [1.82, 2.24) is 19.5 Å². The number of rotatable bonds is 4. The van der Waals surface area contributed by atoms with Gasteiger partial charge in [-0.15, -0.1) is 0 Å². The van der Waals surface area contributed by atoms with Crippen molar-refractivity contribution in [3.63, 3.8) is 0 Å². The molecule has 1 aliphatic carbocycles. The van der Waals surface area contributed by atoms with E-state index in [2.05, 4.69) is 31.2 Å². The Labute approximate surface area is 209 Å². The van der Waals surface area contributed by atoms with E-state index in [-0.39, 0.29) is 24.9 Å². The molecule has 0 atom stereocenters. The van der Waals surface area contributed by atoms with Gasteiger partial charge in [-0.3, -0.25) is 0 Å². The van der Waals surface area contributed by atoms with Gasteiger partial charge in [-0.1, -0.05) is 29.8 Å². The van der Waals surface area contributed by atoms with Crippen LogP contribution in [0.1, 0.15) is 38.5 Å². The van der Waals surface area contributed by atoms with Crippen LogP contribution in [-0.4, -0.2) is 50.8 Å². The predicted octanol–water partition coefficient (Wildman–Crippen LogP) is 6.81. The van der Waals surface area contributed by atoms with Gasteiger partial charge in [0.15, 0.2) is 5.65 Å². The van der Waals surface area contributed by atoms with Crippen LogP contribution in [0, 0.1) is 5.92 Å². The molecule has 5 rings (SSSR count). The van der Waals surface area contributed by atoms with Crippen molar-refractivity contribution in [2.24, 2.45) is 5.92 Å². The number of nitrogens with one attached hydrogen (secondary N) is 1. The Balaban J connectivity index is 1.27. The van der Waals surface area contributed by atoms with E-state index in [0.717, 1.165) is 47.5 Å². The first-order valence-corrected chi connectivity index (χ1v) is 12.8. The van der Waals surface area contributed by atoms with Crippen LogP contribution in [0.2, 0.25) is 5.02 Å². The number of hydrogen-bond donors (Lipinski definition) is 1. The van der Waals surface area contributed by atoms with Crippen LogP contribution in [0.4, 0.5) is 19.0 Å². The summed E-state index contributed by atoms with van der Waals surface area (Å²) in [6.45, 7) is 1.76. The summed E-state index contributed by atoms with van der Waals surface area (Å²) in [5, 5.41) is 8.74. The van der Waals surface area contributed by atoms with Crippen LogP contribution in [0.25, 0.3) is 16.9 Å². The lowest BCUT2D eigenvalue weighted by atomic mass is 9.84. The summed E-state index contributed by atoms with van der Waals surface area (Å²) in [6, 6.07) is 10.1. The molecular formula is C24H26BrClF3N5. The zero-order valence-corrected chi connectivity index (χ0v) is 20.9. The summed E-state index contributed by atoms with van der Waals surface area (Å²) in [7, 11) is 0. The minimum atomic E-state index is -4.05. The van der Waals surface area contributed by atoms with Gasteiger partial charge in [-0.25, -0.2) is 4.98 Å². The molecule has 34 heavy (non-hydrogen) atoms. The highest BCUT2D eigenvalue weighted by Crippen LogP contribution is 2.39. The SMILES string of the molecule is FC(F)(F)C1CCC(N2CCC(Nc3cc(-c4ccccc4Cl)nc4c(Br)cnn34)CC2)CC1. The van der Waals surface area contributed by atoms with Crippen molar-refractivity contribution >= 4 is 39.0 Å². The average Bonchev–Trinajstić information content (AvgIpc) is 3.20. The van der Waals surface area contributed by atoms with Gasteiger partial charge < -0.3 is 10.2 Å². The Kier molecular flexibility index (Phi) is 6.79. The number of piperidine rings is 1. The summed E-state index contributed by atoms with van der Waals surface area (Å²) < 4.78 is 41.6. The number of hydrogen-bond acceptors (Lipinski definition) is 4. The van der Waals surface area contributed by atoms with Crippen molar-refractivity contribution in [1.29, 1.82) is 0 Å². The summed E-state index contributed by atoms with van der Waals surface area (Å²) in [4.78, 5) is 7.14. The van der Waals surface area contributed by atoms with Crippen LogP contribution in [0.5, 0.6) is 0 Å². The Morgan fingerprint density at radius 3 is 2.41 bits per heavy atom. The van der Waals surface area contributed by atoms with Crippen LogP contribution in [0.15, 0.2) is 41.0 Å². The first-order valence-electron chi connectivity index (χ1n) is 11.7. The molecule has 1 N–H and O–H groups in total. The minimum absolute atomic E-state index is 0.246. The molecule has 2 fully saturated rings. The van der Waals surface area contributed by atoms with E-state index in [0.29, 0.717) is 23.5 Å².